The average Bonchev–Trinajstić information content (AvgIpc) is 2.32. The van der Waals surface area contributed by atoms with Crippen molar-refractivity contribution in [3.05, 3.63) is 28.3 Å². The standard InChI is InChI=1S/C14H19NO4/c1-6-5-7(2)9-10(16)12(17)14(4,13(15)18)19-11(9)8(6)3/h5,10,12,16-17H,1-4H3,(H2,15,18). The summed E-state index contributed by atoms with van der Waals surface area (Å²) in [5.74, 6) is -0.361. The van der Waals surface area contributed by atoms with Crippen LogP contribution in [0.1, 0.15) is 35.3 Å². The van der Waals surface area contributed by atoms with E-state index in [2.05, 4.69) is 0 Å². The predicted molar refractivity (Wildman–Crippen MR) is 69.8 cm³/mol. The molecular formula is C14H19NO4. The summed E-state index contributed by atoms with van der Waals surface area (Å²) in [4.78, 5) is 11.5. The van der Waals surface area contributed by atoms with Crippen molar-refractivity contribution in [2.45, 2.75) is 45.5 Å². The average molecular weight is 265 g/mol. The molecule has 104 valence electrons. The molecule has 0 aliphatic carbocycles. The molecule has 3 atom stereocenters. The lowest BCUT2D eigenvalue weighted by molar-refractivity contribution is -0.157. The maximum atomic E-state index is 11.5. The number of hydrogen-bond acceptors (Lipinski definition) is 4. The van der Waals surface area contributed by atoms with E-state index in [9.17, 15) is 15.0 Å². The Balaban J connectivity index is 2.70. The zero-order valence-electron chi connectivity index (χ0n) is 11.5. The first-order valence-electron chi connectivity index (χ1n) is 6.16. The Morgan fingerprint density at radius 2 is 1.89 bits per heavy atom. The Morgan fingerprint density at radius 3 is 2.42 bits per heavy atom. The molecule has 3 unspecified atom stereocenters. The lowest BCUT2D eigenvalue weighted by Crippen LogP contribution is -2.59. The first kappa shape index (κ1) is 13.8. The summed E-state index contributed by atoms with van der Waals surface area (Å²) in [5, 5.41) is 20.4. The normalized spacial score (nSPS) is 29.6. The number of ether oxygens (including phenoxy) is 1. The van der Waals surface area contributed by atoms with E-state index in [-0.39, 0.29) is 0 Å². The largest absolute Gasteiger partial charge is 0.474 e. The first-order valence-corrected chi connectivity index (χ1v) is 6.16. The van der Waals surface area contributed by atoms with Gasteiger partial charge in [0.2, 0.25) is 5.60 Å². The van der Waals surface area contributed by atoms with Gasteiger partial charge in [-0.3, -0.25) is 4.79 Å². The van der Waals surface area contributed by atoms with E-state index in [1.807, 2.05) is 26.8 Å². The van der Waals surface area contributed by atoms with Crippen LogP contribution in [0.4, 0.5) is 0 Å². The number of primary amides is 1. The number of amides is 1. The molecule has 1 aliphatic rings. The summed E-state index contributed by atoms with van der Waals surface area (Å²) in [6, 6.07) is 1.92. The van der Waals surface area contributed by atoms with Crippen LogP contribution in [0.3, 0.4) is 0 Å². The molecule has 0 saturated carbocycles. The number of aliphatic hydroxyl groups is 2. The number of carbonyl (C=O) groups is 1. The second-order valence-corrected chi connectivity index (χ2v) is 5.34. The van der Waals surface area contributed by atoms with E-state index in [0.29, 0.717) is 11.3 Å². The van der Waals surface area contributed by atoms with Crippen LogP contribution in [0.5, 0.6) is 5.75 Å². The number of benzene rings is 1. The second kappa shape index (κ2) is 4.21. The van der Waals surface area contributed by atoms with Gasteiger partial charge in [-0.15, -0.1) is 0 Å². The van der Waals surface area contributed by atoms with Crippen LogP contribution in [0, 0.1) is 20.8 Å². The van der Waals surface area contributed by atoms with E-state index in [1.54, 1.807) is 0 Å². The molecule has 0 aromatic heterocycles. The number of fused-ring (bicyclic) bond motifs is 1. The predicted octanol–water partition coefficient (Wildman–Crippen LogP) is 0.643. The molecule has 1 heterocycles. The van der Waals surface area contributed by atoms with Crippen molar-refractivity contribution >= 4 is 5.91 Å². The molecule has 1 aliphatic heterocycles. The number of rotatable bonds is 1. The van der Waals surface area contributed by atoms with E-state index < -0.39 is 23.7 Å². The quantitative estimate of drug-likeness (QED) is 0.695. The van der Waals surface area contributed by atoms with E-state index >= 15 is 0 Å². The molecule has 0 saturated heterocycles. The van der Waals surface area contributed by atoms with E-state index in [4.69, 9.17) is 10.5 Å². The monoisotopic (exact) mass is 265 g/mol. The number of hydrogen-bond donors (Lipinski definition) is 3. The van der Waals surface area contributed by atoms with Crippen molar-refractivity contribution in [2.24, 2.45) is 5.73 Å². The van der Waals surface area contributed by atoms with Gasteiger partial charge in [-0.1, -0.05) is 6.07 Å². The maximum absolute atomic E-state index is 11.5. The van der Waals surface area contributed by atoms with Gasteiger partial charge in [0.1, 0.15) is 18.0 Å². The molecule has 5 heteroatoms. The van der Waals surface area contributed by atoms with Gasteiger partial charge in [-0.25, -0.2) is 0 Å². The number of nitrogens with two attached hydrogens (primary N) is 1. The highest BCUT2D eigenvalue weighted by molar-refractivity contribution is 5.85. The highest BCUT2D eigenvalue weighted by atomic mass is 16.5. The number of aryl methyl sites for hydroxylation is 2. The van der Waals surface area contributed by atoms with Crippen molar-refractivity contribution in [1.29, 1.82) is 0 Å². The molecular weight excluding hydrogens is 246 g/mol. The van der Waals surface area contributed by atoms with Crippen LogP contribution in [0.25, 0.3) is 0 Å². The Labute approximate surface area is 112 Å². The third kappa shape index (κ3) is 1.81. The Morgan fingerprint density at radius 1 is 1.32 bits per heavy atom. The Hall–Kier alpha value is -1.59. The molecule has 1 aromatic carbocycles. The van der Waals surface area contributed by atoms with Gasteiger partial charge in [-0.2, -0.15) is 0 Å². The molecule has 1 amide bonds. The summed E-state index contributed by atoms with van der Waals surface area (Å²) in [6.07, 6.45) is -2.58. The van der Waals surface area contributed by atoms with Crippen LogP contribution < -0.4 is 10.5 Å². The second-order valence-electron chi connectivity index (χ2n) is 5.34. The van der Waals surface area contributed by atoms with Crippen molar-refractivity contribution in [3.8, 4) is 5.75 Å². The molecule has 0 spiro atoms. The molecule has 5 nitrogen and oxygen atoms in total. The maximum Gasteiger partial charge on any atom is 0.264 e. The van der Waals surface area contributed by atoms with Crippen molar-refractivity contribution < 1.29 is 19.7 Å². The van der Waals surface area contributed by atoms with Crippen LogP contribution >= 0.6 is 0 Å². The molecule has 4 N–H and O–H groups in total. The summed E-state index contributed by atoms with van der Waals surface area (Å²) < 4.78 is 5.67. The molecule has 0 fully saturated rings. The van der Waals surface area contributed by atoms with E-state index in [1.165, 1.54) is 6.92 Å². The fourth-order valence-electron chi connectivity index (χ4n) is 2.50. The topological polar surface area (TPSA) is 92.8 Å². The van der Waals surface area contributed by atoms with Gasteiger partial charge in [0, 0.05) is 5.56 Å². The minimum Gasteiger partial charge on any atom is -0.474 e. The molecule has 0 bridgehead atoms. The SMILES string of the molecule is Cc1cc(C)c2c(c1C)OC(C)(C(N)=O)C(O)C2O. The van der Waals surface area contributed by atoms with Gasteiger partial charge in [-0.05, 0) is 44.4 Å². The fraction of sp³-hybridized carbons (Fsp3) is 0.500. The van der Waals surface area contributed by atoms with Gasteiger partial charge < -0.3 is 20.7 Å². The van der Waals surface area contributed by atoms with Crippen molar-refractivity contribution in [3.63, 3.8) is 0 Å². The first-order chi connectivity index (χ1) is 8.70. The highest BCUT2D eigenvalue weighted by Crippen LogP contribution is 2.44. The minimum atomic E-state index is -1.63. The lowest BCUT2D eigenvalue weighted by Gasteiger charge is -2.41. The Kier molecular flexibility index (Phi) is 3.07. The highest BCUT2D eigenvalue weighted by Gasteiger charge is 2.51. The van der Waals surface area contributed by atoms with Gasteiger partial charge in [0.25, 0.3) is 5.91 Å². The fourth-order valence-corrected chi connectivity index (χ4v) is 2.50. The summed E-state index contributed by atoms with van der Waals surface area (Å²) in [7, 11) is 0. The summed E-state index contributed by atoms with van der Waals surface area (Å²) in [5.41, 5.74) is 6.84. The summed E-state index contributed by atoms with van der Waals surface area (Å²) >= 11 is 0. The number of carbonyl (C=O) groups excluding carboxylic acids is 1. The molecule has 0 radical (unpaired) electrons. The van der Waals surface area contributed by atoms with E-state index in [0.717, 1.165) is 16.7 Å². The molecule has 19 heavy (non-hydrogen) atoms. The van der Waals surface area contributed by atoms with Gasteiger partial charge >= 0.3 is 0 Å². The Bertz CT molecular complexity index is 555. The van der Waals surface area contributed by atoms with Crippen molar-refractivity contribution in [1.82, 2.24) is 0 Å². The third-order valence-electron chi connectivity index (χ3n) is 4.00. The minimum absolute atomic E-state index is 0.441. The van der Waals surface area contributed by atoms with Gasteiger partial charge in [0.15, 0.2) is 0 Å². The van der Waals surface area contributed by atoms with Crippen LogP contribution in [0.15, 0.2) is 6.07 Å². The summed E-state index contributed by atoms with van der Waals surface area (Å²) in [6.45, 7) is 6.99. The lowest BCUT2D eigenvalue weighted by atomic mass is 9.83. The number of aliphatic hydroxyl groups excluding tert-OH is 2. The van der Waals surface area contributed by atoms with Crippen LogP contribution in [0.2, 0.25) is 0 Å². The van der Waals surface area contributed by atoms with Crippen LogP contribution in [-0.2, 0) is 4.79 Å². The van der Waals surface area contributed by atoms with Crippen LogP contribution in [-0.4, -0.2) is 27.8 Å². The molecule has 1 aromatic rings. The van der Waals surface area contributed by atoms with Gasteiger partial charge in [0.05, 0.1) is 0 Å². The zero-order valence-corrected chi connectivity index (χ0v) is 11.5. The van der Waals surface area contributed by atoms with Crippen molar-refractivity contribution in [2.75, 3.05) is 0 Å². The zero-order chi connectivity index (χ0) is 14.5. The third-order valence-corrected chi connectivity index (χ3v) is 4.00. The smallest absolute Gasteiger partial charge is 0.264 e. The molecule has 2 rings (SSSR count).